The molecular weight excluding hydrogens is 597 g/mol. The molecule has 6 rings (SSSR count). The standard InChI is InChI=1S/C33H34N2O7SSi/c1-33(2,3)44(25-15-9-5-10-16-25,26-17-11-6-12-18-26)40-23-27-29(39-21-22-43(37,38)24-13-7-4-8-14-24)30-31(41-27)35-20-19-28(36)34-32(35)42-30/h4-22,27,29-31H,23H2,1-3H3/t27-,29?,30?,31?/m1/s1. The smallest absolute Gasteiger partial charge is 0.302 e. The lowest BCUT2D eigenvalue weighted by atomic mass is 10.1. The Bertz CT molecular complexity index is 1750. The van der Waals surface area contributed by atoms with Gasteiger partial charge in [0.05, 0.1) is 23.2 Å². The van der Waals surface area contributed by atoms with Crippen LogP contribution in [0.4, 0.5) is 0 Å². The van der Waals surface area contributed by atoms with Crippen molar-refractivity contribution in [3.05, 3.63) is 125 Å². The summed E-state index contributed by atoms with van der Waals surface area (Å²) < 4.78 is 53.3. The number of rotatable bonds is 9. The molecule has 0 radical (unpaired) electrons. The lowest BCUT2D eigenvalue weighted by Gasteiger charge is -2.43. The molecule has 1 fully saturated rings. The third-order valence-corrected chi connectivity index (χ3v) is 14.4. The van der Waals surface area contributed by atoms with E-state index in [1.54, 1.807) is 29.0 Å². The van der Waals surface area contributed by atoms with Gasteiger partial charge in [-0.05, 0) is 27.5 Å². The van der Waals surface area contributed by atoms with E-state index < -0.39 is 48.3 Å². The SMILES string of the molecule is CC(C)(C)[Si](OC[C@H]1OC2C(Oc3nc(=O)ccn32)C1OC=CS(=O)(=O)c1ccccc1)(c1ccccc1)c1ccccc1. The molecule has 9 nitrogen and oxygen atoms in total. The largest absolute Gasteiger partial charge is 0.490 e. The first-order valence-electron chi connectivity index (χ1n) is 14.4. The summed E-state index contributed by atoms with van der Waals surface area (Å²) in [5, 5.41) is 2.99. The minimum atomic E-state index is -3.75. The van der Waals surface area contributed by atoms with Crippen molar-refractivity contribution >= 4 is 28.5 Å². The van der Waals surface area contributed by atoms with E-state index in [9.17, 15) is 13.2 Å². The molecule has 0 aliphatic carbocycles. The summed E-state index contributed by atoms with van der Waals surface area (Å²) in [5.41, 5.74) is -0.436. The van der Waals surface area contributed by atoms with E-state index in [1.807, 2.05) is 36.4 Å². The van der Waals surface area contributed by atoms with Gasteiger partial charge in [0.1, 0.15) is 6.10 Å². The van der Waals surface area contributed by atoms with Crippen molar-refractivity contribution in [1.29, 1.82) is 0 Å². The monoisotopic (exact) mass is 630 g/mol. The molecule has 3 unspecified atom stereocenters. The van der Waals surface area contributed by atoms with Crippen LogP contribution in [0.25, 0.3) is 0 Å². The van der Waals surface area contributed by atoms with Crippen LogP contribution in [0, 0.1) is 0 Å². The van der Waals surface area contributed by atoms with Crippen molar-refractivity contribution in [1.82, 2.24) is 9.55 Å². The van der Waals surface area contributed by atoms with E-state index in [0.717, 1.165) is 22.0 Å². The molecule has 0 saturated carbocycles. The Morgan fingerprint density at radius 2 is 1.50 bits per heavy atom. The molecule has 4 aromatic rings. The van der Waals surface area contributed by atoms with E-state index in [4.69, 9.17) is 18.6 Å². The maximum Gasteiger partial charge on any atom is 0.302 e. The summed E-state index contributed by atoms with van der Waals surface area (Å²) >= 11 is 0. The molecule has 0 N–H and O–H groups in total. The molecule has 2 aliphatic rings. The molecule has 0 bridgehead atoms. The van der Waals surface area contributed by atoms with Crippen molar-refractivity contribution in [2.75, 3.05) is 6.61 Å². The van der Waals surface area contributed by atoms with E-state index in [0.29, 0.717) is 0 Å². The van der Waals surface area contributed by atoms with Crippen LogP contribution in [0.3, 0.4) is 0 Å². The highest BCUT2D eigenvalue weighted by atomic mass is 32.2. The predicted octanol–water partition coefficient (Wildman–Crippen LogP) is 3.81. The van der Waals surface area contributed by atoms with Crippen molar-refractivity contribution < 1.29 is 27.1 Å². The number of ether oxygens (including phenoxy) is 3. The summed E-state index contributed by atoms with van der Waals surface area (Å²) in [5.74, 6) is 0. The molecule has 3 heterocycles. The zero-order chi connectivity index (χ0) is 31.0. The Morgan fingerprint density at radius 3 is 2.09 bits per heavy atom. The fourth-order valence-electron chi connectivity index (χ4n) is 6.01. The predicted molar refractivity (Wildman–Crippen MR) is 168 cm³/mol. The first-order valence-corrected chi connectivity index (χ1v) is 17.8. The molecule has 3 aromatic carbocycles. The number of aromatic nitrogens is 2. The quantitative estimate of drug-likeness (QED) is 0.203. The fraction of sp³-hybridized carbons (Fsp3) is 0.273. The van der Waals surface area contributed by atoms with Gasteiger partial charge in [0.2, 0.25) is 9.84 Å². The molecule has 228 valence electrons. The van der Waals surface area contributed by atoms with Gasteiger partial charge in [-0.3, -0.25) is 9.36 Å². The average Bonchev–Trinajstić information content (AvgIpc) is 3.53. The topological polar surface area (TPSA) is 106 Å². The second-order valence-corrected chi connectivity index (χ2v) is 17.9. The summed E-state index contributed by atoms with van der Waals surface area (Å²) in [6.07, 6.45) is 0.00238. The highest BCUT2D eigenvalue weighted by Gasteiger charge is 2.56. The molecule has 0 spiro atoms. The van der Waals surface area contributed by atoms with Crippen molar-refractivity contribution in [2.24, 2.45) is 0 Å². The number of sulfone groups is 1. The lowest BCUT2D eigenvalue weighted by molar-refractivity contribution is -0.0426. The van der Waals surface area contributed by atoms with Crippen LogP contribution in [0.1, 0.15) is 27.0 Å². The Hall–Kier alpha value is -4.03. The van der Waals surface area contributed by atoms with Crippen LogP contribution in [-0.4, -0.2) is 51.2 Å². The Kier molecular flexibility index (Phi) is 8.06. The maximum absolute atomic E-state index is 12.9. The van der Waals surface area contributed by atoms with Crippen LogP contribution >= 0.6 is 0 Å². The van der Waals surface area contributed by atoms with Crippen molar-refractivity contribution in [2.45, 2.75) is 55.2 Å². The Labute approximate surface area is 257 Å². The zero-order valence-electron chi connectivity index (χ0n) is 24.6. The first kappa shape index (κ1) is 30.0. The van der Waals surface area contributed by atoms with Gasteiger partial charge in [-0.25, -0.2) is 8.42 Å². The van der Waals surface area contributed by atoms with Gasteiger partial charge in [0.15, 0.2) is 18.4 Å². The van der Waals surface area contributed by atoms with Gasteiger partial charge < -0.3 is 18.6 Å². The van der Waals surface area contributed by atoms with Crippen LogP contribution in [0.15, 0.2) is 125 Å². The van der Waals surface area contributed by atoms with Crippen LogP contribution < -0.4 is 20.7 Å². The van der Waals surface area contributed by atoms with E-state index in [2.05, 4.69) is 50.0 Å². The Morgan fingerprint density at radius 1 is 0.909 bits per heavy atom. The van der Waals surface area contributed by atoms with Gasteiger partial charge in [0, 0.05) is 12.3 Å². The van der Waals surface area contributed by atoms with E-state index in [-0.39, 0.29) is 22.6 Å². The summed E-state index contributed by atoms with van der Waals surface area (Å²) in [4.78, 5) is 16.0. The molecule has 11 heteroatoms. The van der Waals surface area contributed by atoms with Crippen molar-refractivity contribution in [3.63, 3.8) is 0 Å². The molecular formula is C33H34N2O7SSi. The number of nitrogens with zero attached hydrogens (tertiary/aromatic N) is 2. The third kappa shape index (κ3) is 5.52. The highest BCUT2D eigenvalue weighted by molar-refractivity contribution is 7.94. The fourth-order valence-corrected chi connectivity index (χ4v) is 11.5. The van der Waals surface area contributed by atoms with Crippen LogP contribution in [-0.2, 0) is 23.7 Å². The van der Waals surface area contributed by atoms with Gasteiger partial charge >= 0.3 is 6.01 Å². The average molecular weight is 631 g/mol. The van der Waals surface area contributed by atoms with E-state index >= 15 is 0 Å². The summed E-state index contributed by atoms with van der Waals surface area (Å²) in [6.45, 7) is 6.72. The van der Waals surface area contributed by atoms with Crippen LogP contribution in [0.5, 0.6) is 6.01 Å². The maximum atomic E-state index is 12.9. The molecule has 0 amide bonds. The zero-order valence-corrected chi connectivity index (χ0v) is 26.5. The Balaban J connectivity index is 1.34. The highest BCUT2D eigenvalue weighted by Crippen LogP contribution is 2.42. The first-order chi connectivity index (χ1) is 21.1. The molecule has 44 heavy (non-hydrogen) atoms. The van der Waals surface area contributed by atoms with E-state index in [1.165, 1.54) is 18.2 Å². The summed E-state index contributed by atoms with van der Waals surface area (Å²) in [7, 11) is -6.67. The van der Waals surface area contributed by atoms with Crippen LogP contribution in [0.2, 0.25) is 5.04 Å². The van der Waals surface area contributed by atoms with Crippen molar-refractivity contribution in [3.8, 4) is 6.01 Å². The second-order valence-electron chi connectivity index (χ2n) is 11.8. The van der Waals surface area contributed by atoms with Gasteiger partial charge in [-0.2, -0.15) is 4.98 Å². The summed E-state index contributed by atoms with van der Waals surface area (Å²) in [6, 6.07) is 30.1. The number of hydrogen-bond donors (Lipinski definition) is 0. The molecule has 1 saturated heterocycles. The third-order valence-electron chi connectivity index (χ3n) is 8.03. The minimum Gasteiger partial charge on any atom is -0.490 e. The number of hydrogen-bond acceptors (Lipinski definition) is 8. The van der Waals surface area contributed by atoms with Gasteiger partial charge in [-0.1, -0.05) is 99.6 Å². The lowest BCUT2D eigenvalue weighted by Crippen LogP contribution is -2.67. The number of benzene rings is 3. The minimum absolute atomic E-state index is 0.119. The van der Waals surface area contributed by atoms with Gasteiger partial charge in [-0.15, -0.1) is 0 Å². The second kappa shape index (κ2) is 11.8. The molecule has 1 aromatic heterocycles. The van der Waals surface area contributed by atoms with Gasteiger partial charge in [0.25, 0.3) is 13.9 Å². The molecule has 4 atom stereocenters. The molecule has 2 aliphatic heterocycles. The number of fused-ring (bicyclic) bond motifs is 3. The normalized spacial score (nSPS) is 21.5.